The van der Waals surface area contributed by atoms with Crippen LogP contribution in [0.1, 0.15) is 62.9 Å². The number of halogens is 1. The van der Waals surface area contributed by atoms with Gasteiger partial charge >= 0.3 is 5.69 Å². The number of nitrogens with one attached hydrogen (secondary N) is 2. The van der Waals surface area contributed by atoms with Gasteiger partial charge in [0.1, 0.15) is 23.4 Å². The molecule has 0 bridgehead atoms. The number of carbonyl (C=O) groups excluding carboxylic acids is 1. The van der Waals surface area contributed by atoms with E-state index < -0.39 is 11.2 Å². The van der Waals surface area contributed by atoms with Gasteiger partial charge in [-0.15, -0.1) is 6.42 Å². The fourth-order valence-electron chi connectivity index (χ4n) is 8.49. The van der Waals surface area contributed by atoms with Crippen molar-refractivity contribution in [2.24, 2.45) is 10.8 Å². The maximum Gasteiger partial charge on any atom is 0.332 e. The fraction of sp³-hybridized carbons (Fsp3) is 0.386. The van der Waals surface area contributed by atoms with Gasteiger partial charge in [0.15, 0.2) is 0 Å². The molecule has 0 radical (unpaired) electrons. The molecule has 4 heterocycles. The molecule has 3 aromatic heterocycles. The molecule has 12 nitrogen and oxygen atoms in total. The number of pyridine rings is 2. The molecule has 7 rings (SSSR count). The van der Waals surface area contributed by atoms with Crippen molar-refractivity contribution in [3.63, 3.8) is 0 Å². The number of amides is 1. The topological polar surface area (TPSA) is 135 Å². The average Bonchev–Trinajstić information content (AvgIpc) is 3.20. The van der Waals surface area contributed by atoms with Crippen LogP contribution in [0.15, 0.2) is 88.8 Å². The third-order valence-corrected chi connectivity index (χ3v) is 11.6. The number of rotatable bonds is 13. The number of anilines is 1. The van der Waals surface area contributed by atoms with Crippen molar-refractivity contribution in [3.05, 3.63) is 116 Å². The number of aromatic nitrogens is 4. The second-order valence-electron chi connectivity index (χ2n) is 16.0. The van der Waals surface area contributed by atoms with Gasteiger partial charge in [-0.05, 0) is 74.3 Å². The maximum absolute atomic E-state index is 13.4. The van der Waals surface area contributed by atoms with Gasteiger partial charge in [-0.2, -0.15) is 0 Å². The molecule has 1 saturated heterocycles. The smallest absolute Gasteiger partial charge is 0.332 e. The predicted molar refractivity (Wildman–Crippen MR) is 223 cm³/mol. The molecular formula is C44H48ClN7O5. The molecule has 296 valence electrons. The summed E-state index contributed by atoms with van der Waals surface area (Å²) in [5, 5.41) is 4.58. The van der Waals surface area contributed by atoms with Gasteiger partial charge < -0.3 is 19.7 Å². The summed E-state index contributed by atoms with van der Waals surface area (Å²) in [4.78, 5) is 53.2. The first kappa shape index (κ1) is 39.6. The van der Waals surface area contributed by atoms with Crippen molar-refractivity contribution in [2.45, 2.75) is 59.1 Å². The molecule has 1 saturated carbocycles. The SMILES string of the molecule is C#Cc1ccc(OC2C(C)(C)C(NC(=O)c3ccc(N4CCN(CCCCCOc5ccc6ncc(-n7ccc(=O)[nH]c7=O)cc6c5)CC4)nc3)C2(C)C)cc1Cl. The summed E-state index contributed by atoms with van der Waals surface area (Å²) in [5.74, 6) is 4.69. The lowest BCUT2D eigenvalue weighted by Crippen LogP contribution is -2.74. The van der Waals surface area contributed by atoms with Crippen molar-refractivity contribution >= 4 is 34.2 Å². The van der Waals surface area contributed by atoms with Crippen LogP contribution >= 0.6 is 11.6 Å². The third kappa shape index (κ3) is 8.55. The van der Waals surface area contributed by atoms with Crippen LogP contribution in [0.25, 0.3) is 16.6 Å². The lowest BCUT2D eigenvalue weighted by atomic mass is 9.49. The number of carbonyl (C=O) groups is 1. The maximum atomic E-state index is 13.4. The van der Waals surface area contributed by atoms with Crippen LogP contribution in [-0.2, 0) is 0 Å². The van der Waals surface area contributed by atoms with Crippen LogP contribution in [0, 0.1) is 23.2 Å². The molecule has 57 heavy (non-hydrogen) atoms. The van der Waals surface area contributed by atoms with Gasteiger partial charge in [-0.3, -0.25) is 29.0 Å². The van der Waals surface area contributed by atoms with Crippen LogP contribution in [0.5, 0.6) is 11.5 Å². The van der Waals surface area contributed by atoms with Crippen molar-refractivity contribution in [3.8, 4) is 29.5 Å². The average molecular weight is 790 g/mol. The number of nitrogens with zero attached hydrogens (tertiary/aromatic N) is 5. The van der Waals surface area contributed by atoms with E-state index in [0.717, 1.165) is 74.5 Å². The molecule has 1 aliphatic heterocycles. The van der Waals surface area contributed by atoms with Gasteiger partial charge in [0.25, 0.3) is 11.5 Å². The standard InChI is InChI=1S/C44H48ClN7O5/c1-6-29-10-12-34(26-35(29)45)57-41-43(2,3)40(44(41,4)5)49-39(54)30-11-15-37(47-27-30)51-21-19-50(20-22-51)17-8-7-9-23-56-33-13-14-36-31(25-33)24-32(28-46-36)52-18-16-38(53)48-42(52)55/h1,10-16,18,24-28,40-41H,7-9,17,19-23H2,2-5H3,(H,49,54)(H,48,53,55). The first-order chi connectivity index (χ1) is 27.3. The minimum absolute atomic E-state index is 0.119. The quantitative estimate of drug-likeness (QED) is 0.107. The first-order valence-corrected chi connectivity index (χ1v) is 19.7. The van der Waals surface area contributed by atoms with Crippen LogP contribution in [0.2, 0.25) is 5.02 Å². The summed E-state index contributed by atoms with van der Waals surface area (Å²) < 4.78 is 13.8. The van der Waals surface area contributed by atoms with E-state index in [1.807, 2.05) is 42.5 Å². The Labute approximate surface area is 337 Å². The van der Waals surface area contributed by atoms with E-state index >= 15 is 0 Å². The van der Waals surface area contributed by atoms with Gasteiger partial charge in [-0.1, -0.05) is 45.2 Å². The normalized spacial score (nSPS) is 18.7. The number of fused-ring (bicyclic) bond motifs is 1. The second kappa shape index (κ2) is 16.5. The number of aromatic amines is 1. The zero-order chi connectivity index (χ0) is 40.3. The van der Waals surface area contributed by atoms with Crippen molar-refractivity contribution in [1.29, 1.82) is 0 Å². The molecule has 0 unspecified atom stereocenters. The first-order valence-electron chi connectivity index (χ1n) is 19.4. The molecule has 2 aliphatic rings. The van der Waals surface area contributed by atoms with E-state index in [0.29, 0.717) is 34.2 Å². The molecule has 0 spiro atoms. The molecule has 1 amide bonds. The molecule has 5 aromatic rings. The Bertz CT molecular complexity index is 2400. The van der Waals surface area contributed by atoms with E-state index in [2.05, 4.69) is 63.7 Å². The summed E-state index contributed by atoms with van der Waals surface area (Å²) in [6.07, 6.45) is 13.1. The lowest BCUT2D eigenvalue weighted by Gasteiger charge is -2.63. The number of piperazine rings is 1. The minimum Gasteiger partial charge on any atom is -0.494 e. The van der Waals surface area contributed by atoms with Crippen molar-refractivity contribution in [2.75, 3.05) is 44.2 Å². The van der Waals surface area contributed by atoms with E-state index in [-0.39, 0.29) is 28.9 Å². The van der Waals surface area contributed by atoms with Gasteiger partial charge in [0.05, 0.1) is 34.6 Å². The number of H-pyrrole nitrogens is 1. The number of benzene rings is 2. The molecule has 2 aromatic carbocycles. The summed E-state index contributed by atoms with van der Waals surface area (Å²) in [5.41, 5.74) is 0.873. The third-order valence-electron chi connectivity index (χ3n) is 11.3. The minimum atomic E-state index is -0.514. The fourth-order valence-corrected chi connectivity index (χ4v) is 8.71. The van der Waals surface area contributed by atoms with Crippen molar-refractivity contribution in [1.82, 2.24) is 29.7 Å². The zero-order valence-corrected chi connectivity index (χ0v) is 33.5. The number of unbranched alkanes of at least 4 members (excludes halogenated alkanes) is 2. The molecule has 13 heteroatoms. The molecular weight excluding hydrogens is 742 g/mol. The zero-order valence-electron chi connectivity index (χ0n) is 32.8. The highest BCUT2D eigenvalue weighted by molar-refractivity contribution is 6.31. The number of ether oxygens (including phenoxy) is 2. The van der Waals surface area contributed by atoms with E-state index in [1.165, 1.54) is 16.8 Å². The Morgan fingerprint density at radius 3 is 2.40 bits per heavy atom. The Morgan fingerprint density at radius 1 is 0.930 bits per heavy atom. The second-order valence-corrected chi connectivity index (χ2v) is 16.4. The Balaban J connectivity index is 0.819. The van der Waals surface area contributed by atoms with Gasteiger partial charge in [0, 0.05) is 78.5 Å². The summed E-state index contributed by atoms with van der Waals surface area (Å²) in [7, 11) is 0. The lowest BCUT2D eigenvalue weighted by molar-refractivity contribution is -0.164. The highest BCUT2D eigenvalue weighted by Gasteiger charge is 2.64. The summed E-state index contributed by atoms with van der Waals surface area (Å²) in [6.45, 7) is 13.7. The van der Waals surface area contributed by atoms with Gasteiger partial charge in [0.2, 0.25) is 0 Å². The highest BCUT2D eigenvalue weighted by atomic mass is 35.5. The Kier molecular flexibility index (Phi) is 11.4. The molecule has 1 aliphatic carbocycles. The van der Waals surface area contributed by atoms with Crippen LogP contribution < -0.4 is 30.9 Å². The predicted octanol–water partition coefficient (Wildman–Crippen LogP) is 6.09. The molecule has 2 N–H and O–H groups in total. The molecule has 0 atom stereocenters. The summed E-state index contributed by atoms with van der Waals surface area (Å²) >= 11 is 6.32. The number of hydrogen-bond donors (Lipinski definition) is 2. The Hall–Kier alpha value is -5.64. The van der Waals surface area contributed by atoms with E-state index in [4.69, 9.17) is 27.5 Å². The van der Waals surface area contributed by atoms with Crippen LogP contribution in [-0.4, -0.2) is 81.8 Å². The van der Waals surface area contributed by atoms with E-state index in [1.54, 1.807) is 24.5 Å². The number of terminal acetylenes is 1. The molecule has 2 fully saturated rings. The monoisotopic (exact) mass is 789 g/mol. The van der Waals surface area contributed by atoms with Crippen molar-refractivity contribution < 1.29 is 14.3 Å². The van der Waals surface area contributed by atoms with Gasteiger partial charge in [-0.25, -0.2) is 9.78 Å². The van der Waals surface area contributed by atoms with Crippen LogP contribution in [0.3, 0.4) is 0 Å². The number of hydrogen-bond acceptors (Lipinski definition) is 9. The largest absolute Gasteiger partial charge is 0.494 e. The van der Waals surface area contributed by atoms with Crippen LogP contribution in [0.4, 0.5) is 5.82 Å². The van der Waals surface area contributed by atoms with E-state index in [9.17, 15) is 14.4 Å². The Morgan fingerprint density at radius 2 is 1.70 bits per heavy atom. The highest BCUT2D eigenvalue weighted by Crippen LogP contribution is 2.55. The summed E-state index contributed by atoms with van der Waals surface area (Å²) in [6, 6.07) is 17.9.